The average molecular weight is 344 g/mol. The Morgan fingerprint density at radius 3 is 2.83 bits per heavy atom. The van der Waals surface area contributed by atoms with Gasteiger partial charge < -0.3 is 9.52 Å². The molecule has 2 nitrogen and oxygen atoms in total. The summed E-state index contributed by atoms with van der Waals surface area (Å²) < 4.78 is 7.40. The molecule has 3 rings (SSSR count). The summed E-state index contributed by atoms with van der Waals surface area (Å²) in [6.07, 6.45) is -0.791. The van der Waals surface area contributed by atoms with Crippen LogP contribution in [-0.4, -0.2) is 5.11 Å². The maximum Gasteiger partial charge on any atom is 0.193 e. The van der Waals surface area contributed by atoms with Crippen molar-refractivity contribution in [2.45, 2.75) is 6.10 Å². The van der Waals surface area contributed by atoms with E-state index in [0.29, 0.717) is 5.76 Å². The maximum atomic E-state index is 10.3. The number of halogens is 2. The van der Waals surface area contributed by atoms with Crippen LogP contribution in [0.5, 0.6) is 0 Å². The van der Waals surface area contributed by atoms with Crippen LogP contribution in [0.15, 0.2) is 44.6 Å². The van der Waals surface area contributed by atoms with Crippen molar-refractivity contribution >= 4 is 49.0 Å². The number of rotatable bonds is 2. The largest absolute Gasteiger partial charge is 0.447 e. The lowest BCUT2D eigenvalue weighted by molar-refractivity contribution is 0.191. The van der Waals surface area contributed by atoms with Crippen LogP contribution in [0.1, 0.15) is 17.4 Å². The number of aliphatic hydroxyl groups is 1. The normalized spacial score (nSPS) is 13.1. The minimum atomic E-state index is -0.791. The van der Waals surface area contributed by atoms with Gasteiger partial charge in [0.25, 0.3) is 0 Å². The second kappa shape index (κ2) is 4.70. The van der Waals surface area contributed by atoms with Crippen molar-refractivity contribution in [1.29, 1.82) is 0 Å². The molecule has 0 saturated carbocycles. The van der Waals surface area contributed by atoms with Gasteiger partial charge in [0.15, 0.2) is 5.22 Å². The van der Waals surface area contributed by atoms with E-state index in [1.165, 1.54) is 0 Å². The van der Waals surface area contributed by atoms with Gasteiger partial charge in [0.2, 0.25) is 0 Å². The van der Waals surface area contributed by atoms with E-state index in [-0.39, 0.29) is 5.22 Å². The number of aliphatic hydroxyl groups excluding tert-OH is 1. The van der Waals surface area contributed by atoms with E-state index in [2.05, 4.69) is 15.9 Å². The van der Waals surface area contributed by atoms with E-state index in [1.807, 2.05) is 23.6 Å². The average Bonchev–Trinajstić information content (AvgIpc) is 2.95. The summed E-state index contributed by atoms with van der Waals surface area (Å²) in [6, 6.07) is 9.24. The molecule has 1 atom stereocenters. The fraction of sp³-hybridized carbons (Fsp3) is 0.0769. The molecular formula is C13H8BrClO2S. The first-order valence-corrected chi connectivity index (χ1v) is 7.31. The molecule has 0 bridgehead atoms. The van der Waals surface area contributed by atoms with Gasteiger partial charge in [-0.3, -0.25) is 0 Å². The third-order valence-corrected chi connectivity index (χ3v) is 4.91. The molecule has 5 heteroatoms. The van der Waals surface area contributed by atoms with Crippen molar-refractivity contribution in [3.8, 4) is 0 Å². The summed E-state index contributed by atoms with van der Waals surface area (Å²) >= 11 is 10.8. The second-order valence-electron chi connectivity index (χ2n) is 3.85. The molecule has 3 aromatic rings. The molecule has 1 aromatic carbocycles. The second-order valence-corrected chi connectivity index (χ2v) is 5.96. The molecule has 0 spiro atoms. The molecule has 0 amide bonds. The topological polar surface area (TPSA) is 33.4 Å². The van der Waals surface area contributed by atoms with Gasteiger partial charge in [-0.05, 0) is 56.5 Å². The lowest BCUT2D eigenvalue weighted by Crippen LogP contribution is -1.96. The Morgan fingerprint density at radius 1 is 1.28 bits per heavy atom. The van der Waals surface area contributed by atoms with Gasteiger partial charge in [-0.15, -0.1) is 11.3 Å². The first kappa shape index (κ1) is 12.2. The molecule has 2 aromatic heterocycles. The summed E-state index contributed by atoms with van der Waals surface area (Å²) in [7, 11) is 0. The summed E-state index contributed by atoms with van der Waals surface area (Å²) in [5.74, 6) is 0.458. The molecule has 0 aliphatic heterocycles. The molecule has 2 heterocycles. The Hall–Kier alpha value is -0.810. The van der Waals surface area contributed by atoms with E-state index in [4.69, 9.17) is 16.0 Å². The van der Waals surface area contributed by atoms with Crippen molar-refractivity contribution in [3.05, 3.63) is 56.7 Å². The summed E-state index contributed by atoms with van der Waals surface area (Å²) in [4.78, 5) is 0. The summed E-state index contributed by atoms with van der Waals surface area (Å²) in [5.41, 5.74) is 0.835. The van der Waals surface area contributed by atoms with Crippen molar-refractivity contribution in [3.63, 3.8) is 0 Å². The Bertz CT molecular complexity index is 704. The first-order valence-electron chi connectivity index (χ1n) is 5.25. The molecule has 0 radical (unpaired) electrons. The van der Waals surface area contributed by atoms with Crippen LogP contribution in [0.2, 0.25) is 5.22 Å². The number of furan rings is 1. The number of thiophene rings is 1. The highest BCUT2D eigenvalue weighted by molar-refractivity contribution is 9.10. The molecule has 1 N–H and O–H groups in total. The third-order valence-electron chi connectivity index (χ3n) is 2.74. The monoisotopic (exact) mass is 342 g/mol. The van der Waals surface area contributed by atoms with Gasteiger partial charge in [-0.1, -0.05) is 12.1 Å². The highest BCUT2D eigenvalue weighted by atomic mass is 79.9. The zero-order chi connectivity index (χ0) is 12.7. The lowest BCUT2D eigenvalue weighted by atomic mass is 10.1. The Morgan fingerprint density at radius 2 is 2.11 bits per heavy atom. The molecule has 1 unspecified atom stereocenters. The van der Waals surface area contributed by atoms with Crippen LogP contribution < -0.4 is 0 Å². The fourth-order valence-corrected chi connectivity index (χ4v) is 3.67. The number of hydrogen-bond donors (Lipinski definition) is 1. The van der Waals surface area contributed by atoms with Gasteiger partial charge in [0, 0.05) is 14.7 Å². The van der Waals surface area contributed by atoms with Gasteiger partial charge >= 0.3 is 0 Å². The highest BCUT2D eigenvalue weighted by Crippen LogP contribution is 2.37. The predicted octanol–water partition coefficient (Wildman–Crippen LogP) is 4.99. The minimum Gasteiger partial charge on any atom is -0.447 e. The van der Waals surface area contributed by atoms with E-state index in [1.54, 1.807) is 23.5 Å². The van der Waals surface area contributed by atoms with Crippen molar-refractivity contribution in [1.82, 2.24) is 0 Å². The van der Waals surface area contributed by atoms with Crippen LogP contribution in [-0.2, 0) is 0 Å². The van der Waals surface area contributed by atoms with Crippen molar-refractivity contribution in [2.24, 2.45) is 0 Å². The van der Waals surface area contributed by atoms with Gasteiger partial charge in [-0.25, -0.2) is 0 Å². The first-order chi connectivity index (χ1) is 8.66. The van der Waals surface area contributed by atoms with E-state index < -0.39 is 6.10 Å². The van der Waals surface area contributed by atoms with E-state index in [9.17, 15) is 5.11 Å². The lowest BCUT2D eigenvalue weighted by Gasteiger charge is -2.06. The predicted molar refractivity (Wildman–Crippen MR) is 77.3 cm³/mol. The molecule has 0 fully saturated rings. The van der Waals surface area contributed by atoms with Crippen LogP contribution in [0.4, 0.5) is 0 Å². The van der Waals surface area contributed by atoms with Crippen molar-refractivity contribution < 1.29 is 9.52 Å². The van der Waals surface area contributed by atoms with Crippen LogP contribution in [0.3, 0.4) is 0 Å². The number of hydrogen-bond acceptors (Lipinski definition) is 3. The molecule has 92 valence electrons. The van der Waals surface area contributed by atoms with E-state index >= 15 is 0 Å². The SMILES string of the molecule is OC(c1ccc(Cl)o1)c1csc2c(Br)cccc12. The van der Waals surface area contributed by atoms with Gasteiger partial charge in [0.1, 0.15) is 11.9 Å². The number of fused-ring (bicyclic) bond motifs is 1. The maximum absolute atomic E-state index is 10.3. The highest BCUT2D eigenvalue weighted by Gasteiger charge is 2.19. The van der Waals surface area contributed by atoms with Crippen LogP contribution >= 0.6 is 38.9 Å². The zero-order valence-corrected chi connectivity index (χ0v) is 12.2. The van der Waals surface area contributed by atoms with Crippen molar-refractivity contribution in [2.75, 3.05) is 0 Å². The Balaban J connectivity index is 2.12. The van der Waals surface area contributed by atoms with Crippen LogP contribution in [0.25, 0.3) is 10.1 Å². The fourth-order valence-electron chi connectivity index (χ4n) is 1.88. The van der Waals surface area contributed by atoms with Gasteiger partial charge in [0.05, 0.1) is 0 Å². The molecule has 0 aliphatic rings. The Labute approximate surface area is 121 Å². The van der Waals surface area contributed by atoms with Gasteiger partial charge in [-0.2, -0.15) is 0 Å². The molecule has 18 heavy (non-hydrogen) atoms. The molecule has 0 aliphatic carbocycles. The minimum absolute atomic E-state index is 0.282. The molecular weight excluding hydrogens is 336 g/mol. The van der Waals surface area contributed by atoms with Crippen LogP contribution in [0, 0.1) is 0 Å². The summed E-state index contributed by atoms with van der Waals surface area (Å²) in [5, 5.41) is 13.6. The smallest absolute Gasteiger partial charge is 0.193 e. The standard InChI is InChI=1S/C13H8BrClO2S/c14-9-3-1-2-7-8(6-18-13(7)9)12(16)10-4-5-11(15)17-10/h1-6,12,16H. The molecule has 0 saturated heterocycles. The number of benzene rings is 1. The summed E-state index contributed by atoms with van der Waals surface area (Å²) in [6.45, 7) is 0. The zero-order valence-electron chi connectivity index (χ0n) is 9.06. The quantitative estimate of drug-likeness (QED) is 0.711. The third kappa shape index (κ3) is 1.99. The Kier molecular flexibility index (Phi) is 3.20. The van der Waals surface area contributed by atoms with E-state index in [0.717, 1.165) is 20.1 Å².